The van der Waals surface area contributed by atoms with Crippen LogP contribution >= 0.6 is 23.4 Å². The van der Waals surface area contributed by atoms with Crippen molar-refractivity contribution in [1.29, 1.82) is 0 Å². The Balaban J connectivity index is 1.60. The topological polar surface area (TPSA) is 38.4 Å². The lowest BCUT2D eigenvalue weighted by Gasteiger charge is -2.10. The fourth-order valence-electron chi connectivity index (χ4n) is 3.10. The van der Waals surface area contributed by atoms with Gasteiger partial charge in [-0.2, -0.15) is 0 Å². The highest BCUT2D eigenvalue weighted by Crippen LogP contribution is 2.42. The fourth-order valence-corrected chi connectivity index (χ4v) is 4.24. The van der Waals surface area contributed by atoms with Gasteiger partial charge in [0.15, 0.2) is 0 Å². The van der Waals surface area contributed by atoms with E-state index in [1.807, 2.05) is 42.6 Å². The Kier molecular flexibility index (Phi) is 4.07. The van der Waals surface area contributed by atoms with Crippen molar-refractivity contribution in [3.8, 4) is 22.6 Å². The van der Waals surface area contributed by atoms with Crippen LogP contribution in [0.1, 0.15) is 5.56 Å². The number of aromatic nitrogens is 1. The van der Waals surface area contributed by atoms with Gasteiger partial charge in [0.25, 0.3) is 0 Å². The molecule has 130 valence electrons. The second kappa shape index (κ2) is 6.72. The van der Waals surface area contributed by atoms with Gasteiger partial charge in [-0.1, -0.05) is 47.6 Å². The van der Waals surface area contributed by atoms with Crippen LogP contribution in [0.5, 0.6) is 0 Å². The Bertz CT molecular complexity index is 1150. The van der Waals surface area contributed by atoms with Crippen LogP contribution in [0, 0.1) is 0 Å². The second-order valence-corrected chi connectivity index (χ2v) is 7.62. The van der Waals surface area contributed by atoms with Gasteiger partial charge in [0.1, 0.15) is 6.26 Å². The molecule has 4 aromatic rings. The maximum atomic E-state index is 6.04. The summed E-state index contributed by atoms with van der Waals surface area (Å²) in [6.45, 7) is 0. The number of benzene rings is 3. The maximum absolute atomic E-state index is 6.04. The summed E-state index contributed by atoms with van der Waals surface area (Å²) in [5.41, 5.74) is 5.20. The number of fused-ring (bicyclic) bond motifs is 2. The van der Waals surface area contributed by atoms with E-state index < -0.39 is 0 Å². The standard InChI is InChI=1S/C22H13ClN2OS/c23-16-7-4-14(5-8-16)17-2-1-3-20-18(17)13-25-19-12-15(6-9-21(19)27-20)22-24-10-11-26-22/h1-13H. The first-order valence-electron chi connectivity index (χ1n) is 8.43. The molecular formula is C22H13ClN2OS. The van der Waals surface area contributed by atoms with E-state index in [9.17, 15) is 0 Å². The summed E-state index contributed by atoms with van der Waals surface area (Å²) < 4.78 is 5.41. The minimum absolute atomic E-state index is 0.599. The normalized spacial score (nSPS) is 12.3. The Labute approximate surface area is 165 Å². The molecular weight excluding hydrogens is 376 g/mol. The molecule has 0 amide bonds. The van der Waals surface area contributed by atoms with E-state index in [1.165, 1.54) is 4.90 Å². The zero-order chi connectivity index (χ0) is 18.2. The lowest BCUT2D eigenvalue weighted by molar-refractivity contribution is 0.574. The van der Waals surface area contributed by atoms with Crippen molar-refractivity contribution in [2.75, 3.05) is 0 Å². The number of halogens is 1. The summed E-state index contributed by atoms with van der Waals surface area (Å²) in [6.07, 6.45) is 5.16. The molecule has 1 aromatic heterocycles. The second-order valence-electron chi connectivity index (χ2n) is 6.10. The highest BCUT2D eigenvalue weighted by molar-refractivity contribution is 7.99. The summed E-state index contributed by atoms with van der Waals surface area (Å²) in [4.78, 5) is 11.3. The molecule has 0 fully saturated rings. The third-order valence-electron chi connectivity index (χ3n) is 4.41. The van der Waals surface area contributed by atoms with E-state index in [1.54, 1.807) is 24.2 Å². The van der Waals surface area contributed by atoms with Gasteiger partial charge in [-0.15, -0.1) is 0 Å². The molecule has 2 heterocycles. The van der Waals surface area contributed by atoms with Gasteiger partial charge in [-0.3, -0.25) is 4.99 Å². The third kappa shape index (κ3) is 3.07. The number of nitrogens with zero attached hydrogens (tertiary/aromatic N) is 2. The van der Waals surface area contributed by atoms with Crippen LogP contribution in [0.2, 0.25) is 5.02 Å². The average Bonchev–Trinajstić information content (AvgIpc) is 3.16. The highest BCUT2D eigenvalue weighted by atomic mass is 35.5. The molecule has 0 unspecified atom stereocenters. The Morgan fingerprint density at radius 2 is 1.74 bits per heavy atom. The predicted molar refractivity (Wildman–Crippen MR) is 110 cm³/mol. The van der Waals surface area contributed by atoms with Crippen LogP contribution in [0.4, 0.5) is 5.69 Å². The number of oxazole rings is 1. The van der Waals surface area contributed by atoms with E-state index in [2.05, 4.69) is 29.2 Å². The van der Waals surface area contributed by atoms with Crippen LogP contribution < -0.4 is 0 Å². The molecule has 0 aliphatic carbocycles. The SMILES string of the molecule is Clc1ccc(-c2cccc3c2C=Nc2cc(-c4ncco4)ccc2S3)cc1. The van der Waals surface area contributed by atoms with E-state index in [4.69, 9.17) is 21.0 Å². The van der Waals surface area contributed by atoms with Crippen LogP contribution in [0.3, 0.4) is 0 Å². The molecule has 0 bridgehead atoms. The first kappa shape index (κ1) is 16.4. The van der Waals surface area contributed by atoms with Crippen molar-refractivity contribution in [3.05, 3.63) is 83.7 Å². The van der Waals surface area contributed by atoms with Crippen molar-refractivity contribution < 1.29 is 4.42 Å². The fraction of sp³-hybridized carbons (Fsp3) is 0. The molecule has 0 spiro atoms. The molecule has 5 rings (SSSR count). The summed E-state index contributed by atoms with van der Waals surface area (Å²) in [6, 6.07) is 20.3. The summed E-state index contributed by atoms with van der Waals surface area (Å²) in [5, 5.41) is 0.732. The predicted octanol–water partition coefficient (Wildman–Crippen LogP) is 6.88. The maximum Gasteiger partial charge on any atom is 0.225 e. The molecule has 0 atom stereocenters. The minimum atomic E-state index is 0.599. The number of hydrogen-bond acceptors (Lipinski definition) is 4. The first-order valence-corrected chi connectivity index (χ1v) is 9.62. The van der Waals surface area contributed by atoms with Gasteiger partial charge in [-0.25, -0.2) is 4.98 Å². The molecule has 0 radical (unpaired) electrons. The quantitative estimate of drug-likeness (QED) is 0.331. The summed E-state index contributed by atoms with van der Waals surface area (Å²) >= 11 is 7.76. The number of aliphatic imine (C=N–C) groups is 1. The molecule has 0 saturated heterocycles. The zero-order valence-corrected chi connectivity index (χ0v) is 15.7. The minimum Gasteiger partial charge on any atom is -0.445 e. The van der Waals surface area contributed by atoms with Gasteiger partial charge < -0.3 is 4.42 Å². The average molecular weight is 389 g/mol. The van der Waals surface area contributed by atoms with E-state index in [0.29, 0.717) is 5.89 Å². The van der Waals surface area contributed by atoms with Gasteiger partial charge >= 0.3 is 0 Å². The number of rotatable bonds is 2. The molecule has 1 aliphatic rings. The van der Waals surface area contributed by atoms with Crippen molar-refractivity contribution in [1.82, 2.24) is 4.98 Å². The summed E-state index contributed by atoms with van der Waals surface area (Å²) in [5.74, 6) is 0.599. The molecule has 0 saturated carbocycles. The van der Waals surface area contributed by atoms with Crippen LogP contribution in [0.25, 0.3) is 22.6 Å². The van der Waals surface area contributed by atoms with Crippen molar-refractivity contribution in [2.45, 2.75) is 9.79 Å². The van der Waals surface area contributed by atoms with Gasteiger partial charge in [-0.05, 0) is 47.5 Å². The third-order valence-corrected chi connectivity index (χ3v) is 5.81. The lowest BCUT2D eigenvalue weighted by atomic mass is 10.0. The number of hydrogen-bond donors (Lipinski definition) is 0. The molecule has 3 nitrogen and oxygen atoms in total. The van der Waals surface area contributed by atoms with Crippen molar-refractivity contribution in [3.63, 3.8) is 0 Å². The van der Waals surface area contributed by atoms with Gasteiger partial charge in [0.2, 0.25) is 5.89 Å². The van der Waals surface area contributed by atoms with Crippen LogP contribution in [-0.4, -0.2) is 11.2 Å². The molecule has 0 N–H and O–H groups in total. The zero-order valence-electron chi connectivity index (χ0n) is 14.1. The van der Waals surface area contributed by atoms with E-state index in [0.717, 1.165) is 37.9 Å². The molecule has 5 heteroatoms. The summed E-state index contributed by atoms with van der Waals surface area (Å²) in [7, 11) is 0. The van der Waals surface area contributed by atoms with E-state index >= 15 is 0 Å². The lowest BCUT2D eigenvalue weighted by Crippen LogP contribution is -1.90. The Hall–Kier alpha value is -2.82. The molecule has 1 aliphatic heterocycles. The highest BCUT2D eigenvalue weighted by Gasteiger charge is 2.16. The van der Waals surface area contributed by atoms with Crippen LogP contribution in [-0.2, 0) is 0 Å². The van der Waals surface area contributed by atoms with Gasteiger partial charge in [0, 0.05) is 32.2 Å². The molecule has 27 heavy (non-hydrogen) atoms. The smallest absolute Gasteiger partial charge is 0.225 e. The first-order chi connectivity index (χ1) is 13.3. The Morgan fingerprint density at radius 1 is 0.889 bits per heavy atom. The van der Waals surface area contributed by atoms with Crippen molar-refractivity contribution >= 4 is 35.3 Å². The van der Waals surface area contributed by atoms with Crippen molar-refractivity contribution in [2.24, 2.45) is 4.99 Å². The molecule has 3 aromatic carbocycles. The monoisotopic (exact) mass is 388 g/mol. The van der Waals surface area contributed by atoms with Crippen LogP contribution in [0.15, 0.2) is 92.3 Å². The van der Waals surface area contributed by atoms with Gasteiger partial charge in [0.05, 0.1) is 11.9 Å². The largest absolute Gasteiger partial charge is 0.445 e. The van der Waals surface area contributed by atoms with E-state index in [-0.39, 0.29) is 0 Å². The Morgan fingerprint density at radius 3 is 2.56 bits per heavy atom.